The van der Waals surface area contributed by atoms with Crippen molar-refractivity contribution in [1.29, 1.82) is 5.41 Å². The van der Waals surface area contributed by atoms with Gasteiger partial charge in [0.1, 0.15) is 0 Å². The lowest BCUT2D eigenvalue weighted by molar-refractivity contribution is 0.168. The van der Waals surface area contributed by atoms with Crippen molar-refractivity contribution in [3.8, 4) is 0 Å². The molecule has 2 atom stereocenters. The zero-order valence-electron chi connectivity index (χ0n) is 7.91. The molecule has 0 aromatic heterocycles. The highest BCUT2D eigenvalue weighted by Crippen LogP contribution is 2.41. The van der Waals surface area contributed by atoms with Crippen LogP contribution in [0.25, 0.3) is 0 Å². The van der Waals surface area contributed by atoms with Crippen LogP contribution in [0.15, 0.2) is 0 Å². The maximum Gasteiger partial charge on any atom is 0.00922 e. The molecule has 0 saturated heterocycles. The molecule has 1 N–H and O–H groups in total. The number of hydrogen-bond acceptors (Lipinski definition) is 1. The van der Waals surface area contributed by atoms with E-state index in [1.807, 2.05) is 0 Å². The van der Waals surface area contributed by atoms with E-state index in [0.29, 0.717) is 11.3 Å². The van der Waals surface area contributed by atoms with Crippen molar-refractivity contribution >= 4 is 5.71 Å². The molecule has 1 saturated carbocycles. The van der Waals surface area contributed by atoms with Crippen LogP contribution in [0.2, 0.25) is 0 Å². The molecule has 0 heterocycles. The van der Waals surface area contributed by atoms with Gasteiger partial charge in [-0.05, 0) is 30.6 Å². The predicted octanol–water partition coefficient (Wildman–Crippen LogP) is 3.24. The monoisotopic (exact) mass is 153 g/mol. The van der Waals surface area contributed by atoms with E-state index in [9.17, 15) is 0 Å². The second-order valence-electron chi connectivity index (χ2n) is 4.22. The van der Waals surface area contributed by atoms with Crippen molar-refractivity contribution in [2.24, 2.45) is 11.3 Å². The lowest BCUT2D eigenvalue weighted by atomic mass is 9.66. The first-order valence-corrected chi connectivity index (χ1v) is 4.65. The van der Waals surface area contributed by atoms with Crippen molar-refractivity contribution in [2.45, 2.75) is 46.5 Å². The molecule has 11 heavy (non-hydrogen) atoms. The van der Waals surface area contributed by atoms with Crippen LogP contribution in [0.4, 0.5) is 0 Å². The van der Waals surface area contributed by atoms with Gasteiger partial charge >= 0.3 is 0 Å². The molecule has 1 rings (SSSR count). The minimum absolute atomic E-state index is 0.518. The van der Waals surface area contributed by atoms with Crippen molar-refractivity contribution in [1.82, 2.24) is 0 Å². The average Bonchev–Trinajstić information content (AvgIpc) is 1.98. The van der Waals surface area contributed by atoms with Crippen molar-refractivity contribution in [3.05, 3.63) is 0 Å². The minimum Gasteiger partial charge on any atom is -0.310 e. The largest absolute Gasteiger partial charge is 0.310 e. The molecular formula is C10H19N. The summed E-state index contributed by atoms with van der Waals surface area (Å²) in [5.41, 5.74) is 1.48. The third kappa shape index (κ3) is 1.63. The van der Waals surface area contributed by atoms with Gasteiger partial charge in [0.15, 0.2) is 0 Å². The van der Waals surface area contributed by atoms with Gasteiger partial charge in [0.2, 0.25) is 0 Å². The molecule has 2 unspecified atom stereocenters. The highest BCUT2D eigenvalue weighted by Gasteiger charge is 2.33. The lowest BCUT2D eigenvalue weighted by Crippen LogP contribution is -2.31. The first-order valence-electron chi connectivity index (χ1n) is 4.65. The van der Waals surface area contributed by atoms with E-state index in [2.05, 4.69) is 20.8 Å². The summed E-state index contributed by atoms with van der Waals surface area (Å²) in [7, 11) is 0. The smallest absolute Gasteiger partial charge is 0.00922 e. The molecule has 0 amide bonds. The highest BCUT2D eigenvalue weighted by atomic mass is 14.5. The summed E-state index contributed by atoms with van der Waals surface area (Å²) in [5, 5.41) is 7.57. The lowest BCUT2D eigenvalue weighted by Gasteiger charge is -2.39. The SMILES string of the molecule is CCC1(C)CCC(=N)CC1C. The molecule has 0 spiro atoms. The fraction of sp³-hybridized carbons (Fsp3) is 0.900. The summed E-state index contributed by atoms with van der Waals surface area (Å²) in [6.07, 6.45) is 4.56. The van der Waals surface area contributed by atoms with Gasteiger partial charge < -0.3 is 5.41 Å². The molecule has 1 aliphatic carbocycles. The summed E-state index contributed by atoms with van der Waals surface area (Å²) in [6.45, 7) is 6.92. The van der Waals surface area contributed by atoms with E-state index in [1.165, 1.54) is 12.8 Å². The fourth-order valence-corrected chi connectivity index (χ4v) is 1.93. The highest BCUT2D eigenvalue weighted by molar-refractivity contribution is 5.82. The van der Waals surface area contributed by atoms with Gasteiger partial charge in [-0.3, -0.25) is 0 Å². The van der Waals surface area contributed by atoms with Crippen LogP contribution in [-0.4, -0.2) is 5.71 Å². The van der Waals surface area contributed by atoms with Gasteiger partial charge in [-0.1, -0.05) is 27.2 Å². The maximum atomic E-state index is 7.57. The second-order valence-corrected chi connectivity index (χ2v) is 4.22. The molecular weight excluding hydrogens is 134 g/mol. The zero-order valence-corrected chi connectivity index (χ0v) is 7.91. The first-order chi connectivity index (χ1) is 5.08. The van der Waals surface area contributed by atoms with Gasteiger partial charge in [-0.15, -0.1) is 0 Å². The summed E-state index contributed by atoms with van der Waals surface area (Å²) >= 11 is 0. The third-order valence-electron chi connectivity index (χ3n) is 3.55. The molecule has 64 valence electrons. The standard InChI is InChI=1S/C10H19N/c1-4-10(3)6-5-9(11)7-8(10)2/h8,11H,4-7H2,1-3H3. The summed E-state index contributed by atoms with van der Waals surface area (Å²) < 4.78 is 0. The molecule has 1 fully saturated rings. The van der Waals surface area contributed by atoms with E-state index in [4.69, 9.17) is 5.41 Å². The van der Waals surface area contributed by atoms with Crippen LogP contribution in [0.1, 0.15) is 46.5 Å². The van der Waals surface area contributed by atoms with Crippen LogP contribution in [-0.2, 0) is 0 Å². The van der Waals surface area contributed by atoms with Crippen molar-refractivity contribution in [2.75, 3.05) is 0 Å². The van der Waals surface area contributed by atoms with Gasteiger partial charge in [-0.2, -0.15) is 0 Å². The minimum atomic E-state index is 0.518. The Morgan fingerprint density at radius 3 is 2.73 bits per heavy atom. The van der Waals surface area contributed by atoms with Crippen LogP contribution in [0, 0.1) is 16.7 Å². The molecule has 0 aromatic carbocycles. The van der Waals surface area contributed by atoms with Crippen LogP contribution >= 0.6 is 0 Å². The molecule has 1 aliphatic rings. The third-order valence-corrected chi connectivity index (χ3v) is 3.55. The Bertz CT molecular complexity index is 162. The Morgan fingerprint density at radius 1 is 1.64 bits per heavy atom. The normalized spacial score (nSPS) is 39.2. The Hall–Kier alpha value is -0.330. The summed E-state index contributed by atoms with van der Waals surface area (Å²) in [4.78, 5) is 0. The number of rotatable bonds is 1. The Morgan fingerprint density at radius 2 is 2.27 bits per heavy atom. The van der Waals surface area contributed by atoms with Gasteiger partial charge in [0.25, 0.3) is 0 Å². The molecule has 0 aliphatic heterocycles. The average molecular weight is 153 g/mol. The second kappa shape index (κ2) is 2.96. The van der Waals surface area contributed by atoms with E-state index in [-0.39, 0.29) is 0 Å². The number of nitrogens with one attached hydrogen (secondary N) is 1. The molecule has 1 nitrogen and oxygen atoms in total. The Labute approximate surface area is 69.7 Å². The van der Waals surface area contributed by atoms with Crippen LogP contribution in [0.3, 0.4) is 0 Å². The van der Waals surface area contributed by atoms with Crippen molar-refractivity contribution < 1.29 is 0 Å². The fourth-order valence-electron chi connectivity index (χ4n) is 1.93. The van der Waals surface area contributed by atoms with E-state index in [0.717, 1.165) is 18.6 Å². The number of hydrogen-bond donors (Lipinski definition) is 1. The molecule has 0 bridgehead atoms. The molecule has 1 heteroatoms. The van der Waals surface area contributed by atoms with Crippen LogP contribution in [0.5, 0.6) is 0 Å². The van der Waals surface area contributed by atoms with Gasteiger partial charge in [0.05, 0.1) is 0 Å². The summed E-state index contributed by atoms with van der Waals surface area (Å²) in [6, 6.07) is 0. The first kappa shape index (κ1) is 8.76. The predicted molar refractivity (Wildman–Crippen MR) is 49.1 cm³/mol. The van der Waals surface area contributed by atoms with Crippen molar-refractivity contribution in [3.63, 3.8) is 0 Å². The van der Waals surface area contributed by atoms with Crippen LogP contribution < -0.4 is 0 Å². The topological polar surface area (TPSA) is 23.9 Å². The van der Waals surface area contributed by atoms with E-state index < -0.39 is 0 Å². The molecule has 0 aromatic rings. The van der Waals surface area contributed by atoms with E-state index in [1.54, 1.807) is 0 Å². The summed E-state index contributed by atoms with van der Waals surface area (Å²) in [5.74, 6) is 0.716. The van der Waals surface area contributed by atoms with E-state index >= 15 is 0 Å². The Kier molecular flexibility index (Phi) is 2.36. The quantitative estimate of drug-likeness (QED) is 0.598. The molecule has 0 radical (unpaired) electrons. The van der Waals surface area contributed by atoms with Gasteiger partial charge in [-0.25, -0.2) is 0 Å². The van der Waals surface area contributed by atoms with Gasteiger partial charge in [0, 0.05) is 5.71 Å². The zero-order chi connectivity index (χ0) is 8.48. The Balaban J connectivity index is 2.63. The maximum absolute atomic E-state index is 7.57.